The fraction of sp³-hybridized carbons (Fsp3) is 0.294. The Balaban J connectivity index is 1.53. The molecule has 0 unspecified atom stereocenters. The predicted molar refractivity (Wildman–Crippen MR) is 82.4 cm³/mol. The van der Waals surface area contributed by atoms with Crippen molar-refractivity contribution in [3.63, 3.8) is 0 Å². The monoisotopic (exact) mass is 287 g/mol. The standard InChI is InChI=1S/C17H18ClNO/c18-16-7-6-14-8-9-19(13-15(14)12-16)10-11-20-17-4-2-1-3-5-17/h1-7,12H,8-11,13H2. The lowest BCUT2D eigenvalue weighted by molar-refractivity contribution is 0.196. The number of nitrogens with zero attached hydrogens (tertiary/aromatic N) is 1. The van der Waals surface area contributed by atoms with Gasteiger partial charge >= 0.3 is 0 Å². The molecule has 1 aliphatic rings. The van der Waals surface area contributed by atoms with Crippen molar-refractivity contribution in [2.45, 2.75) is 13.0 Å². The molecule has 0 N–H and O–H groups in total. The number of rotatable bonds is 4. The molecule has 0 aliphatic carbocycles. The molecule has 0 saturated carbocycles. The largest absolute Gasteiger partial charge is 0.492 e. The molecule has 0 fully saturated rings. The van der Waals surface area contributed by atoms with Gasteiger partial charge in [0.05, 0.1) is 0 Å². The van der Waals surface area contributed by atoms with Gasteiger partial charge < -0.3 is 4.74 Å². The molecule has 0 amide bonds. The minimum atomic E-state index is 0.722. The zero-order valence-electron chi connectivity index (χ0n) is 11.4. The number of fused-ring (bicyclic) bond motifs is 1. The molecule has 0 aromatic heterocycles. The number of hydrogen-bond donors (Lipinski definition) is 0. The van der Waals surface area contributed by atoms with Crippen molar-refractivity contribution in [3.8, 4) is 5.75 Å². The van der Waals surface area contributed by atoms with E-state index >= 15 is 0 Å². The van der Waals surface area contributed by atoms with Crippen molar-refractivity contribution < 1.29 is 4.74 Å². The van der Waals surface area contributed by atoms with Gasteiger partial charge in [-0.1, -0.05) is 35.9 Å². The van der Waals surface area contributed by atoms with E-state index in [0.29, 0.717) is 0 Å². The number of ether oxygens (including phenoxy) is 1. The second-order valence-electron chi connectivity index (χ2n) is 5.10. The van der Waals surface area contributed by atoms with Gasteiger partial charge in [-0.15, -0.1) is 0 Å². The average Bonchev–Trinajstić information content (AvgIpc) is 2.48. The van der Waals surface area contributed by atoms with E-state index in [1.807, 2.05) is 36.4 Å². The summed E-state index contributed by atoms with van der Waals surface area (Å²) in [6, 6.07) is 16.2. The van der Waals surface area contributed by atoms with Gasteiger partial charge in [0, 0.05) is 24.7 Å². The van der Waals surface area contributed by atoms with Crippen molar-refractivity contribution in [1.82, 2.24) is 4.90 Å². The lowest BCUT2D eigenvalue weighted by atomic mass is 10.00. The summed E-state index contributed by atoms with van der Waals surface area (Å²) in [5.41, 5.74) is 2.78. The van der Waals surface area contributed by atoms with E-state index in [0.717, 1.165) is 43.4 Å². The number of halogens is 1. The van der Waals surface area contributed by atoms with E-state index in [1.165, 1.54) is 11.1 Å². The van der Waals surface area contributed by atoms with E-state index in [4.69, 9.17) is 16.3 Å². The minimum absolute atomic E-state index is 0.722. The van der Waals surface area contributed by atoms with Crippen LogP contribution in [0.3, 0.4) is 0 Å². The van der Waals surface area contributed by atoms with Crippen LogP contribution in [0, 0.1) is 0 Å². The lowest BCUT2D eigenvalue weighted by Gasteiger charge is -2.28. The Labute approximate surface area is 124 Å². The molecule has 20 heavy (non-hydrogen) atoms. The smallest absolute Gasteiger partial charge is 0.119 e. The van der Waals surface area contributed by atoms with Crippen molar-refractivity contribution in [2.24, 2.45) is 0 Å². The van der Waals surface area contributed by atoms with Crippen LogP contribution in [-0.4, -0.2) is 24.6 Å². The zero-order chi connectivity index (χ0) is 13.8. The summed E-state index contributed by atoms with van der Waals surface area (Å²) in [5, 5.41) is 0.825. The molecule has 3 rings (SSSR count). The third-order valence-corrected chi connectivity index (χ3v) is 3.91. The maximum atomic E-state index is 6.07. The first-order chi connectivity index (χ1) is 9.81. The summed E-state index contributed by atoms with van der Waals surface area (Å²) in [6.45, 7) is 3.72. The predicted octanol–water partition coefficient (Wildman–Crippen LogP) is 3.78. The summed E-state index contributed by atoms with van der Waals surface area (Å²) in [4.78, 5) is 2.42. The molecule has 1 aliphatic heterocycles. The fourth-order valence-corrected chi connectivity index (χ4v) is 2.78. The fourth-order valence-electron chi connectivity index (χ4n) is 2.58. The highest BCUT2D eigenvalue weighted by molar-refractivity contribution is 6.30. The van der Waals surface area contributed by atoms with E-state index in [2.05, 4.69) is 17.0 Å². The Morgan fingerprint density at radius 1 is 1.05 bits per heavy atom. The average molecular weight is 288 g/mol. The summed E-state index contributed by atoms with van der Waals surface area (Å²) < 4.78 is 5.75. The first kappa shape index (κ1) is 13.5. The third kappa shape index (κ3) is 3.33. The van der Waals surface area contributed by atoms with E-state index < -0.39 is 0 Å². The van der Waals surface area contributed by atoms with Crippen molar-refractivity contribution >= 4 is 11.6 Å². The van der Waals surface area contributed by atoms with Crippen LogP contribution in [0.25, 0.3) is 0 Å². The number of hydrogen-bond acceptors (Lipinski definition) is 2. The van der Waals surface area contributed by atoms with Crippen LogP contribution in [0.15, 0.2) is 48.5 Å². The van der Waals surface area contributed by atoms with Crippen LogP contribution in [0.4, 0.5) is 0 Å². The highest BCUT2D eigenvalue weighted by atomic mass is 35.5. The van der Waals surface area contributed by atoms with E-state index in [1.54, 1.807) is 0 Å². The molecule has 2 aromatic carbocycles. The Morgan fingerprint density at radius 2 is 1.90 bits per heavy atom. The van der Waals surface area contributed by atoms with Crippen molar-refractivity contribution in [2.75, 3.05) is 19.7 Å². The van der Waals surface area contributed by atoms with Gasteiger partial charge in [0.1, 0.15) is 12.4 Å². The number of benzene rings is 2. The van der Waals surface area contributed by atoms with Crippen molar-refractivity contribution in [1.29, 1.82) is 0 Å². The van der Waals surface area contributed by atoms with Crippen LogP contribution in [0.1, 0.15) is 11.1 Å². The molecule has 0 saturated heterocycles. The second-order valence-corrected chi connectivity index (χ2v) is 5.54. The van der Waals surface area contributed by atoms with Gasteiger partial charge in [-0.3, -0.25) is 4.90 Å². The molecule has 2 nitrogen and oxygen atoms in total. The molecule has 104 valence electrons. The Hall–Kier alpha value is -1.51. The lowest BCUT2D eigenvalue weighted by Crippen LogP contribution is -2.33. The molecule has 2 aromatic rings. The van der Waals surface area contributed by atoms with Gasteiger partial charge in [0.25, 0.3) is 0 Å². The summed E-state index contributed by atoms with van der Waals surface area (Å²) in [5.74, 6) is 0.938. The van der Waals surface area contributed by atoms with Gasteiger partial charge in [0.15, 0.2) is 0 Å². The normalized spacial score (nSPS) is 14.8. The second kappa shape index (κ2) is 6.29. The summed E-state index contributed by atoms with van der Waals surface area (Å²) in [7, 11) is 0. The third-order valence-electron chi connectivity index (χ3n) is 3.68. The van der Waals surface area contributed by atoms with Gasteiger partial charge in [-0.05, 0) is 41.8 Å². The Kier molecular flexibility index (Phi) is 4.24. The van der Waals surface area contributed by atoms with Gasteiger partial charge in [0.2, 0.25) is 0 Å². The highest BCUT2D eigenvalue weighted by Crippen LogP contribution is 2.22. The van der Waals surface area contributed by atoms with Crippen molar-refractivity contribution in [3.05, 3.63) is 64.7 Å². The summed E-state index contributed by atoms with van der Waals surface area (Å²) in [6.07, 6.45) is 1.10. The number of para-hydroxylation sites is 1. The molecular formula is C17H18ClNO. The van der Waals surface area contributed by atoms with Crippen LogP contribution in [0.5, 0.6) is 5.75 Å². The quantitative estimate of drug-likeness (QED) is 0.848. The molecule has 0 spiro atoms. The first-order valence-electron chi connectivity index (χ1n) is 6.99. The Morgan fingerprint density at radius 3 is 2.75 bits per heavy atom. The Bertz CT molecular complexity index is 570. The summed E-state index contributed by atoms with van der Waals surface area (Å²) >= 11 is 6.07. The van der Waals surface area contributed by atoms with Crippen LogP contribution in [0.2, 0.25) is 5.02 Å². The molecule has 3 heteroatoms. The molecule has 0 radical (unpaired) electrons. The van der Waals surface area contributed by atoms with Crippen LogP contribution >= 0.6 is 11.6 Å². The van der Waals surface area contributed by atoms with E-state index in [-0.39, 0.29) is 0 Å². The van der Waals surface area contributed by atoms with Gasteiger partial charge in [-0.25, -0.2) is 0 Å². The maximum absolute atomic E-state index is 6.07. The van der Waals surface area contributed by atoms with E-state index in [9.17, 15) is 0 Å². The molecular weight excluding hydrogens is 270 g/mol. The topological polar surface area (TPSA) is 12.5 Å². The maximum Gasteiger partial charge on any atom is 0.119 e. The SMILES string of the molecule is Clc1ccc2c(c1)CN(CCOc1ccccc1)CC2. The minimum Gasteiger partial charge on any atom is -0.492 e. The first-order valence-corrected chi connectivity index (χ1v) is 7.36. The van der Waals surface area contributed by atoms with Crippen LogP contribution in [-0.2, 0) is 13.0 Å². The van der Waals surface area contributed by atoms with Gasteiger partial charge in [-0.2, -0.15) is 0 Å². The van der Waals surface area contributed by atoms with Crippen LogP contribution < -0.4 is 4.74 Å². The highest BCUT2D eigenvalue weighted by Gasteiger charge is 2.16. The molecule has 0 bridgehead atoms. The zero-order valence-corrected chi connectivity index (χ0v) is 12.1. The molecule has 1 heterocycles. The molecule has 0 atom stereocenters.